The van der Waals surface area contributed by atoms with Gasteiger partial charge in [0.25, 0.3) is 0 Å². The smallest absolute Gasteiger partial charge is 0.306 e. The molecule has 7 nitrogen and oxygen atoms in total. The second-order valence-corrected chi connectivity index (χ2v) is 6.65. The van der Waals surface area contributed by atoms with Crippen molar-refractivity contribution in [1.82, 2.24) is 4.57 Å². The van der Waals surface area contributed by atoms with E-state index in [1.807, 2.05) is 26.8 Å². The van der Waals surface area contributed by atoms with Gasteiger partial charge in [0.2, 0.25) is 11.5 Å². The summed E-state index contributed by atoms with van der Waals surface area (Å²) in [7, 11) is 4.61. The molecule has 0 fully saturated rings. The van der Waals surface area contributed by atoms with Crippen LogP contribution in [-0.2, 0) is 22.5 Å². The van der Waals surface area contributed by atoms with E-state index >= 15 is 0 Å². The summed E-state index contributed by atoms with van der Waals surface area (Å²) >= 11 is 0. The van der Waals surface area contributed by atoms with Gasteiger partial charge in [0, 0.05) is 29.9 Å². The normalized spacial score (nSPS) is 10.6. The Bertz CT molecular complexity index is 859. The van der Waals surface area contributed by atoms with Crippen molar-refractivity contribution >= 4 is 11.8 Å². The van der Waals surface area contributed by atoms with Crippen LogP contribution in [0.5, 0.6) is 17.2 Å². The summed E-state index contributed by atoms with van der Waals surface area (Å²) in [5, 5.41) is 0. The maximum atomic E-state index is 12.4. The third-order valence-corrected chi connectivity index (χ3v) is 4.90. The number of esters is 1. The molecule has 0 aliphatic heterocycles. The molecule has 0 aliphatic carbocycles. The molecule has 2 aromatic rings. The molecule has 29 heavy (non-hydrogen) atoms. The van der Waals surface area contributed by atoms with Crippen molar-refractivity contribution in [1.29, 1.82) is 0 Å². The first kappa shape index (κ1) is 22.3. The summed E-state index contributed by atoms with van der Waals surface area (Å²) < 4.78 is 23.2. The highest BCUT2D eigenvalue weighted by Crippen LogP contribution is 2.38. The lowest BCUT2D eigenvalue weighted by Crippen LogP contribution is -2.15. The number of methoxy groups -OCH3 is 3. The number of nitrogens with zero attached hydrogens (tertiary/aromatic N) is 1. The summed E-state index contributed by atoms with van der Waals surface area (Å²) in [6.45, 7) is 6.41. The standard InChI is InChI=1S/C22H29NO6/c1-7-23-14(2)10-17(15(23)3)18(24)13-29-21(25)9-8-16-11-19(26-4)22(28-6)20(12-16)27-5/h10-12H,7-9,13H2,1-6H3. The van der Waals surface area contributed by atoms with Crippen molar-refractivity contribution in [2.45, 2.75) is 40.2 Å². The van der Waals surface area contributed by atoms with Crippen LogP contribution in [0.15, 0.2) is 18.2 Å². The molecule has 0 N–H and O–H groups in total. The molecule has 0 radical (unpaired) electrons. The first-order valence-corrected chi connectivity index (χ1v) is 9.50. The molecule has 1 aromatic carbocycles. The maximum absolute atomic E-state index is 12.4. The van der Waals surface area contributed by atoms with Gasteiger partial charge in [-0.2, -0.15) is 0 Å². The fourth-order valence-electron chi connectivity index (χ4n) is 3.39. The van der Waals surface area contributed by atoms with Crippen LogP contribution in [0.3, 0.4) is 0 Å². The van der Waals surface area contributed by atoms with Crippen LogP contribution in [0.1, 0.15) is 40.7 Å². The van der Waals surface area contributed by atoms with E-state index in [0.29, 0.717) is 29.2 Å². The SMILES string of the molecule is CCn1c(C)cc(C(=O)COC(=O)CCc2cc(OC)c(OC)c(OC)c2)c1C. The lowest BCUT2D eigenvalue weighted by atomic mass is 10.1. The number of carbonyl (C=O) groups excluding carboxylic acids is 2. The van der Waals surface area contributed by atoms with E-state index in [4.69, 9.17) is 18.9 Å². The number of rotatable bonds is 10. The quantitative estimate of drug-likeness (QED) is 0.446. The van der Waals surface area contributed by atoms with Crippen molar-refractivity contribution in [3.8, 4) is 17.2 Å². The van der Waals surface area contributed by atoms with Gasteiger partial charge in [-0.3, -0.25) is 9.59 Å². The Kier molecular flexibility index (Phi) is 7.70. The lowest BCUT2D eigenvalue weighted by molar-refractivity contribution is -0.142. The summed E-state index contributed by atoms with van der Waals surface area (Å²) in [5.41, 5.74) is 3.35. The average Bonchev–Trinajstić information content (AvgIpc) is 3.02. The first-order chi connectivity index (χ1) is 13.9. The summed E-state index contributed by atoms with van der Waals surface area (Å²) in [6, 6.07) is 5.42. The van der Waals surface area contributed by atoms with E-state index in [-0.39, 0.29) is 18.8 Å². The van der Waals surface area contributed by atoms with Gasteiger partial charge in [-0.15, -0.1) is 0 Å². The second kappa shape index (κ2) is 10.0. The fourth-order valence-corrected chi connectivity index (χ4v) is 3.39. The van der Waals surface area contributed by atoms with Gasteiger partial charge in [-0.05, 0) is 51.0 Å². The molecule has 0 unspecified atom stereocenters. The van der Waals surface area contributed by atoms with E-state index < -0.39 is 5.97 Å². The number of hydrogen-bond acceptors (Lipinski definition) is 6. The number of carbonyl (C=O) groups is 2. The predicted octanol–water partition coefficient (Wildman–Crippen LogP) is 3.51. The highest BCUT2D eigenvalue weighted by atomic mass is 16.5. The molecule has 1 heterocycles. The van der Waals surface area contributed by atoms with Crippen molar-refractivity contribution in [2.24, 2.45) is 0 Å². The largest absolute Gasteiger partial charge is 0.493 e. The van der Waals surface area contributed by atoms with Crippen molar-refractivity contribution in [3.05, 3.63) is 40.7 Å². The van der Waals surface area contributed by atoms with Gasteiger partial charge in [-0.25, -0.2) is 0 Å². The van der Waals surface area contributed by atoms with Gasteiger partial charge < -0.3 is 23.5 Å². The zero-order chi connectivity index (χ0) is 21.6. The van der Waals surface area contributed by atoms with Gasteiger partial charge in [0.05, 0.1) is 21.3 Å². The molecular weight excluding hydrogens is 374 g/mol. The van der Waals surface area contributed by atoms with Crippen molar-refractivity contribution in [3.63, 3.8) is 0 Å². The number of aromatic nitrogens is 1. The molecule has 0 amide bonds. The maximum Gasteiger partial charge on any atom is 0.306 e. The Morgan fingerprint density at radius 3 is 2.07 bits per heavy atom. The highest BCUT2D eigenvalue weighted by Gasteiger charge is 2.18. The Morgan fingerprint density at radius 1 is 0.966 bits per heavy atom. The fraction of sp³-hybridized carbons (Fsp3) is 0.455. The Morgan fingerprint density at radius 2 is 1.59 bits per heavy atom. The Labute approximate surface area is 171 Å². The summed E-state index contributed by atoms with van der Waals surface area (Å²) in [6.07, 6.45) is 0.563. The minimum atomic E-state index is -0.434. The zero-order valence-electron chi connectivity index (χ0n) is 18.0. The van der Waals surface area contributed by atoms with Gasteiger partial charge >= 0.3 is 5.97 Å². The molecule has 0 aliphatic rings. The van der Waals surface area contributed by atoms with Crippen molar-refractivity contribution < 1.29 is 28.5 Å². The average molecular weight is 403 g/mol. The summed E-state index contributed by atoms with van der Waals surface area (Å²) in [5.74, 6) is 0.917. The second-order valence-electron chi connectivity index (χ2n) is 6.65. The number of aryl methyl sites for hydroxylation is 2. The minimum Gasteiger partial charge on any atom is -0.493 e. The van der Waals surface area contributed by atoms with Crippen molar-refractivity contribution in [2.75, 3.05) is 27.9 Å². The summed E-state index contributed by atoms with van der Waals surface area (Å²) in [4.78, 5) is 24.6. The topological polar surface area (TPSA) is 76.0 Å². The van der Waals surface area contributed by atoms with Crippen LogP contribution in [0.25, 0.3) is 0 Å². The predicted molar refractivity (Wildman–Crippen MR) is 109 cm³/mol. The van der Waals surface area contributed by atoms with E-state index in [9.17, 15) is 9.59 Å². The highest BCUT2D eigenvalue weighted by molar-refractivity contribution is 5.99. The lowest BCUT2D eigenvalue weighted by Gasteiger charge is -2.14. The molecule has 0 atom stereocenters. The molecule has 7 heteroatoms. The van der Waals surface area contributed by atoms with Crippen LogP contribution in [-0.4, -0.2) is 44.3 Å². The monoisotopic (exact) mass is 403 g/mol. The van der Waals surface area contributed by atoms with Gasteiger partial charge in [-0.1, -0.05) is 0 Å². The third kappa shape index (κ3) is 5.10. The third-order valence-electron chi connectivity index (χ3n) is 4.90. The molecule has 2 rings (SSSR count). The van der Waals surface area contributed by atoms with E-state index in [1.54, 1.807) is 12.1 Å². The molecule has 0 saturated carbocycles. The van der Waals surface area contributed by atoms with Crippen LogP contribution in [0.2, 0.25) is 0 Å². The minimum absolute atomic E-state index is 0.139. The number of Topliss-reactive ketones (excluding diaryl/α,β-unsaturated/α-hetero) is 1. The Balaban J connectivity index is 1.96. The number of hydrogen-bond donors (Lipinski definition) is 0. The molecular formula is C22H29NO6. The number of ketones is 1. The van der Waals surface area contributed by atoms with E-state index in [2.05, 4.69) is 4.57 Å². The Hall–Kier alpha value is -2.96. The van der Waals surface area contributed by atoms with Crippen LogP contribution >= 0.6 is 0 Å². The zero-order valence-corrected chi connectivity index (χ0v) is 18.0. The molecule has 0 bridgehead atoms. The van der Waals surface area contributed by atoms with Crippen LogP contribution in [0.4, 0.5) is 0 Å². The molecule has 0 saturated heterocycles. The van der Waals surface area contributed by atoms with Crippen LogP contribution in [0, 0.1) is 13.8 Å². The molecule has 158 valence electrons. The first-order valence-electron chi connectivity index (χ1n) is 9.50. The van der Waals surface area contributed by atoms with E-state index in [0.717, 1.165) is 23.5 Å². The number of benzene rings is 1. The molecule has 1 aromatic heterocycles. The van der Waals surface area contributed by atoms with E-state index in [1.165, 1.54) is 21.3 Å². The van der Waals surface area contributed by atoms with Crippen LogP contribution < -0.4 is 14.2 Å². The van der Waals surface area contributed by atoms with Gasteiger partial charge in [0.15, 0.2) is 18.1 Å². The molecule has 0 spiro atoms. The van der Waals surface area contributed by atoms with Gasteiger partial charge in [0.1, 0.15) is 0 Å². The number of ether oxygens (including phenoxy) is 4.